The first kappa shape index (κ1) is 13.8. The van der Waals surface area contributed by atoms with Gasteiger partial charge in [0.25, 0.3) is 0 Å². The number of rotatable bonds is 1. The molecule has 1 N–H and O–H groups in total. The second-order valence-electron chi connectivity index (χ2n) is 5.20. The first-order chi connectivity index (χ1) is 11.0. The molecule has 4 aromatic rings. The van der Waals surface area contributed by atoms with Gasteiger partial charge >= 0.3 is 6.18 Å². The average Bonchev–Trinajstić information content (AvgIpc) is 2.99. The number of hydrogen-bond donors (Lipinski definition) is 1. The fourth-order valence-electron chi connectivity index (χ4n) is 2.56. The van der Waals surface area contributed by atoms with Crippen molar-refractivity contribution in [2.24, 2.45) is 0 Å². The Hall–Kier alpha value is -2.89. The van der Waals surface area contributed by atoms with Crippen molar-refractivity contribution in [3.8, 4) is 11.4 Å². The number of H-pyrrole nitrogens is 1. The first-order valence-corrected chi connectivity index (χ1v) is 6.93. The summed E-state index contributed by atoms with van der Waals surface area (Å²) in [6.07, 6.45) is -2.66. The van der Waals surface area contributed by atoms with Crippen LogP contribution in [0.1, 0.15) is 5.56 Å². The SMILES string of the molecule is FC(F)(F)c1ccc(-c2nc3c(cnc4ccccc43)[nH]2)cc1. The van der Waals surface area contributed by atoms with Crippen LogP contribution in [0.5, 0.6) is 0 Å². The Bertz CT molecular complexity index is 1000. The van der Waals surface area contributed by atoms with Crippen LogP contribution in [0.4, 0.5) is 13.2 Å². The number of pyridine rings is 1. The van der Waals surface area contributed by atoms with Crippen molar-refractivity contribution >= 4 is 21.9 Å². The number of imidazole rings is 1. The van der Waals surface area contributed by atoms with E-state index in [0.717, 1.165) is 34.1 Å². The van der Waals surface area contributed by atoms with E-state index in [1.807, 2.05) is 24.3 Å². The van der Waals surface area contributed by atoms with E-state index in [-0.39, 0.29) is 0 Å². The molecule has 0 aliphatic heterocycles. The molecular weight excluding hydrogens is 303 g/mol. The minimum Gasteiger partial charge on any atom is -0.337 e. The predicted molar refractivity (Wildman–Crippen MR) is 81.8 cm³/mol. The molecule has 4 rings (SSSR count). The molecule has 6 heteroatoms. The Morgan fingerprint density at radius 3 is 2.39 bits per heavy atom. The summed E-state index contributed by atoms with van der Waals surface area (Å²) in [5.41, 5.74) is 2.25. The molecule has 0 spiro atoms. The molecule has 0 atom stereocenters. The number of benzene rings is 2. The number of aromatic amines is 1. The zero-order valence-corrected chi connectivity index (χ0v) is 11.7. The Morgan fingerprint density at radius 1 is 0.913 bits per heavy atom. The van der Waals surface area contributed by atoms with Gasteiger partial charge in [-0.3, -0.25) is 4.98 Å². The Labute approximate surface area is 128 Å². The van der Waals surface area contributed by atoms with Gasteiger partial charge in [-0.25, -0.2) is 4.98 Å². The maximum Gasteiger partial charge on any atom is 0.416 e. The molecule has 23 heavy (non-hydrogen) atoms. The Balaban J connectivity index is 1.84. The fraction of sp³-hybridized carbons (Fsp3) is 0.0588. The van der Waals surface area contributed by atoms with Crippen molar-refractivity contribution in [2.45, 2.75) is 6.18 Å². The average molecular weight is 313 g/mol. The van der Waals surface area contributed by atoms with Gasteiger partial charge in [0.1, 0.15) is 5.82 Å². The number of nitrogens with one attached hydrogen (secondary N) is 1. The summed E-state index contributed by atoms with van der Waals surface area (Å²) in [5, 5.41) is 0.902. The van der Waals surface area contributed by atoms with E-state index in [1.165, 1.54) is 12.1 Å². The molecule has 0 aliphatic rings. The highest BCUT2D eigenvalue weighted by Crippen LogP contribution is 2.31. The number of aromatic nitrogens is 3. The van der Waals surface area contributed by atoms with Crippen molar-refractivity contribution in [1.29, 1.82) is 0 Å². The highest BCUT2D eigenvalue weighted by Gasteiger charge is 2.30. The fourth-order valence-corrected chi connectivity index (χ4v) is 2.56. The van der Waals surface area contributed by atoms with Crippen LogP contribution in [-0.4, -0.2) is 15.0 Å². The third kappa shape index (κ3) is 2.32. The van der Waals surface area contributed by atoms with Crippen molar-refractivity contribution in [3.63, 3.8) is 0 Å². The number of nitrogens with zero attached hydrogens (tertiary/aromatic N) is 2. The standard InChI is InChI=1S/C17H10F3N3/c18-17(19,20)11-7-5-10(6-8-11)16-22-14-9-21-13-4-2-1-3-12(13)15(14)23-16/h1-9H,(H,22,23). The highest BCUT2D eigenvalue weighted by atomic mass is 19.4. The van der Waals surface area contributed by atoms with Gasteiger partial charge in [-0.2, -0.15) is 13.2 Å². The van der Waals surface area contributed by atoms with Crippen LogP contribution in [0.15, 0.2) is 54.7 Å². The zero-order chi connectivity index (χ0) is 16.0. The second kappa shape index (κ2) is 4.81. The summed E-state index contributed by atoms with van der Waals surface area (Å²) < 4.78 is 37.9. The zero-order valence-electron chi connectivity index (χ0n) is 11.7. The van der Waals surface area contributed by atoms with Gasteiger partial charge in [0, 0.05) is 10.9 Å². The summed E-state index contributed by atoms with van der Waals surface area (Å²) in [5.74, 6) is 0.520. The molecule has 0 fully saturated rings. The van der Waals surface area contributed by atoms with E-state index < -0.39 is 11.7 Å². The van der Waals surface area contributed by atoms with Crippen LogP contribution < -0.4 is 0 Å². The maximum atomic E-state index is 12.6. The number of fused-ring (bicyclic) bond motifs is 3. The third-order valence-corrected chi connectivity index (χ3v) is 3.71. The second-order valence-corrected chi connectivity index (χ2v) is 5.20. The van der Waals surface area contributed by atoms with Crippen molar-refractivity contribution in [3.05, 3.63) is 60.3 Å². The highest BCUT2D eigenvalue weighted by molar-refractivity contribution is 6.02. The van der Waals surface area contributed by atoms with E-state index in [0.29, 0.717) is 11.4 Å². The topological polar surface area (TPSA) is 41.6 Å². The van der Waals surface area contributed by atoms with Gasteiger partial charge in [0.15, 0.2) is 0 Å². The predicted octanol–water partition coefficient (Wildman–Crippen LogP) is 4.80. The van der Waals surface area contributed by atoms with Crippen LogP contribution >= 0.6 is 0 Å². The normalized spacial score (nSPS) is 12.1. The molecule has 0 radical (unpaired) electrons. The van der Waals surface area contributed by atoms with Crippen LogP contribution in [0.25, 0.3) is 33.3 Å². The number of para-hydroxylation sites is 1. The molecule has 2 heterocycles. The molecule has 3 nitrogen and oxygen atoms in total. The lowest BCUT2D eigenvalue weighted by Gasteiger charge is -2.06. The quantitative estimate of drug-likeness (QED) is 0.548. The minimum atomic E-state index is -4.34. The van der Waals surface area contributed by atoms with E-state index in [9.17, 15) is 13.2 Å². The lowest BCUT2D eigenvalue weighted by Crippen LogP contribution is -2.04. The van der Waals surface area contributed by atoms with Crippen molar-refractivity contribution in [2.75, 3.05) is 0 Å². The summed E-state index contributed by atoms with van der Waals surface area (Å²) >= 11 is 0. The third-order valence-electron chi connectivity index (χ3n) is 3.71. The lowest BCUT2D eigenvalue weighted by molar-refractivity contribution is -0.137. The minimum absolute atomic E-state index is 0.520. The molecular formula is C17H10F3N3. The number of hydrogen-bond acceptors (Lipinski definition) is 2. The maximum absolute atomic E-state index is 12.6. The van der Waals surface area contributed by atoms with Crippen molar-refractivity contribution in [1.82, 2.24) is 15.0 Å². The van der Waals surface area contributed by atoms with Crippen LogP contribution in [0.3, 0.4) is 0 Å². The first-order valence-electron chi connectivity index (χ1n) is 6.93. The molecule has 2 aromatic heterocycles. The van der Waals surface area contributed by atoms with Crippen LogP contribution in [0.2, 0.25) is 0 Å². The molecule has 2 aromatic carbocycles. The molecule has 114 valence electrons. The largest absolute Gasteiger partial charge is 0.416 e. The molecule has 0 unspecified atom stereocenters. The van der Waals surface area contributed by atoms with Gasteiger partial charge in [0.2, 0.25) is 0 Å². The number of halogens is 3. The summed E-state index contributed by atoms with van der Waals surface area (Å²) in [7, 11) is 0. The van der Waals surface area contributed by atoms with Gasteiger partial charge < -0.3 is 4.98 Å². The van der Waals surface area contributed by atoms with Crippen LogP contribution in [0, 0.1) is 0 Å². The Morgan fingerprint density at radius 2 is 1.65 bits per heavy atom. The lowest BCUT2D eigenvalue weighted by atomic mass is 10.1. The van der Waals surface area contributed by atoms with E-state index in [2.05, 4.69) is 15.0 Å². The van der Waals surface area contributed by atoms with Gasteiger partial charge in [-0.15, -0.1) is 0 Å². The molecule has 0 saturated heterocycles. The van der Waals surface area contributed by atoms with E-state index in [1.54, 1.807) is 6.20 Å². The molecule has 0 saturated carbocycles. The summed E-state index contributed by atoms with van der Waals surface area (Å²) in [4.78, 5) is 12.0. The molecule has 0 bridgehead atoms. The smallest absolute Gasteiger partial charge is 0.337 e. The molecule has 0 aliphatic carbocycles. The van der Waals surface area contributed by atoms with E-state index >= 15 is 0 Å². The Kier molecular flexibility index (Phi) is 2.87. The monoisotopic (exact) mass is 313 g/mol. The molecule has 0 amide bonds. The van der Waals surface area contributed by atoms with Gasteiger partial charge in [-0.05, 0) is 18.2 Å². The van der Waals surface area contributed by atoms with Gasteiger partial charge in [-0.1, -0.05) is 30.3 Å². The van der Waals surface area contributed by atoms with E-state index in [4.69, 9.17) is 0 Å². The number of alkyl halides is 3. The van der Waals surface area contributed by atoms with Crippen LogP contribution in [-0.2, 0) is 6.18 Å². The summed E-state index contributed by atoms with van der Waals surface area (Å²) in [6.45, 7) is 0. The van der Waals surface area contributed by atoms with Crippen molar-refractivity contribution < 1.29 is 13.2 Å². The summed E-state index contributed by atoms with van der Waals surface area (Å²) in [6, 6.07) is 12.5. The van der Waals surface area contributed by atoms with Gasteiger partial charge in [0.05, 0.1) is 28.3 Å².